The summed E-state index contributed by atoms with van der Waals surface area (Å²) in [6, 6.07) is 6.66. The number of ether oxygens (including phenoxy) is 1. The van der Waals surface area contributed by atoms with Gasteiger partial charge in [0, 0.05) is 51.5 Å². The van der Waals surface area contributed by atoms with Crippen molar-refractivity contribution in [1.82, 2.24) is 20.1 Å². The van der Waals surface area contributed by atoms with E-state index in [4.69, 9.17) is 21.3 Å². The van der Waals surface area contributed by atoms with Gasteiger partial charge in [-0.1, -0.05) is 23.7 Å². The maximum absolute atomic E-state index is 13.6. The molecule has 0 radical (unpaired) electrons. The van der Waals surface area contributed by atoms with E-state index in [9.17, 15) is 19.6 Å². The molecule has 2 aliphatic rings. The highest BCUT2D eigenvalue weighted by Crippen LogP contribution is 2.29. The first kappa shape index (κ1) is 29.4. The smallest absolute Gasteiger partial charge is 0.247 e. The Bertz CT molecular complexity index is 1280. The molecule has 3 N–H and O–H groups in total. The molecule has 11 nitrogen and oxygen atoms in total. The predicted octanol–water partition coefficient (Wildman–Crippen LogP) is 2.93. The number of rotatable bonds is 10. The topological polar surface area (TPSA) is 143 Å². The van der Waals surface area contributed by atoms with Crippen LogP contribution in [-0.2, 0) is 19.1 Å². The Morgan fingerprint density at radius 2 is 2.02 bits per heavy atom. The number of para-hydroxylation sites is 1. The number of amides is 3. The predicted molar refractivity (Wildman–Crippen MR) is 153 cm³/mol. The van der Waals surface area contributed by atoms with Gasteiger partial charge >= 0.3 is 0 Å². The SMILES string of the molecule is COCCCNC(=O)C(C#N)C(=N[C@H]1CCCCN(CC(=O)N2CCCC2)C1=O)Nc1cccc2c(Cl)c[nH]c12. The summed E-state index contributed by atoms with van der Waals surface area (Å²) in [5.74, 6) is -2.09. The maximum atomic E-state index is 13.6. The molecule has 2 aromatic rings. The Morgan fingerprint density at radius 1 is 1.25 bits per heavy atom. The van der Waals surface area contributed by atoms with Crippen LogP contribution < -0.4 is 10.6 Å². The summed E-state index contributed by atoms with van der Waals surface area (Å²) in [5, 5.41) is 17.3. The Labute approximate surface area is 238 Å². The van der Waals surface area contributed by atoms with E-state index in [2.05, 4.69) is 21.7 Å². The summed E-state index contributed by atoms with van der Waals surface area (Å²) in [7, 11) is 1.58. The maximum Gasteiger partial charge on any atom is 0.247 e. The molecule has 4 rings (SSSR count). The molecule has 1 aromatic carbocycles. The fraction of sp³-hybridized carbons (Fsp3) is 0.536. The summed E-state index contributed by atoms with van der Waals surface area (Å²) in [5.41, 5.74) is 1.25. The van der Waals surface area contributed by atoms with E-state index in [1.807, 2.05) is 6.07 Å². The molecule has 1 aromatic heterocycles. The highest BCUT2D eigenvalue weighted by Gasteiger charge is 2.33. The van der Waals surface area contributed by atoms with Crippen molar-refractivity contribution in [2.75, 3.05) is 51.8 Å². The van der Waals surface area contributed by atoms with E-state index in [1.165, 1.54) is 0 Å². The van der Waals surface area contributed by atoms with Gasteiger partial charge in [0.2, 0.25) is 17.7 Å². The summed E-state index contributed by atoms with van der Waals surface area (Å²) >= 11 is 6.30. The fourth-order valence-corrected chi connectivity index (χ4v) is 5.29. The Morgan fingerprint density at radius 3 is 2.77 bits per heavy atom. The third kappa shape index (κ3) is 7.11. The van der Waals surface area contributed by atoms with Gasteiger partial charge in [-0.15, -0.1) is 0 Å². The monoisotopic (exact) mass is 569 g/mol. The van der Waals surface area contributed by atoms with Gasteiger partial charge in [0.1, 0.15) is 11.9 Å². The zero-order valence-electron chi connectivity index (χ0n) is 22.7. The number of fused-ring (bicyclic) bond motifs is 1. The number of methoxy groups -OCH3 is 1. The lowest BCUT2D eigenvalue weighted by Crippen LogP contribution is -2.45. The fourth-order valence-electron chi connectivity index (χ4n) is 5.07. The molecule has 0 bridgehead atoms. The van der Waals surface area contributed by atoms with E-state index in [-0.39, 0.29) is 24.2 Å². The largest absolute Gasteiger partial charge is 0.385 e. The molecule has 0 spiro atoms. The molecule has 0 saturated carbocycles. The molecule has 0 aliphatic carbocycles. The normalized spacial score (nSPS) is 18.9. The summed E-state index contributed by atoms with van der Waals surface area (Å²) in [6.45, 7) is 2.70. The van der Waals surface area contributed by atoms with Crippen molar-refractivity contribution < 1.29 is 19.1 Å². The van der Waals surface area contributed by atoms with Crippen molar-refractivity contribution >= 4 is 51.7 Å². The van der Waals surface area contributed by atoms with Crippen LogP contribution in [0.15, 0.2) is 29.4 Å². The number of nitrogens with one attached hydrogen (secondary N) is 3. The minimum Gasteiger partial charge on any atom is -0.385 e. The number of carbonyl (C=O) groups excluding carboxylic acids is 3. The Balaban J connectivity index is 1.62. The number of aromatic amines is 1. The van der Waals surface area contributed by atoms with E-state index in [1.54, 1.807) is 35.2 Å². The number of anilines is 1. The lowest BCUT2D eigenvalue weighted by atomic mass is 10.1. The quantitative estimate of drug-likeness (QED) is 0.228. The number of hydrogen-bond acceptors (Lipinski definition) is 6. The molecule has 40 heavy (non-hydrogen) atoms. The van der Waals surface area contributed by atoms with Crippen LogP contribution in [0.2, 0.25) is 5.02 Å². The Hall–Kier alpha value is -3.62. The van der Waals surface area contributed by atoms with Gasteiger partial charge in [-0.25, -0.2) is 0 Å². The molecule has 12 heteroatoms. The molecule has 2 saturated heterocycles. The second-order valence-corrected chi connectivity index (χ2v) is 10.5. The van der Waals surface area contributed by atoms with E-state index >= 15 is 0 Å². The number of likely N-dealkylation sites (tertiary alicyclic amines) is 2. The number of halogens is 1. The van der Waals surface area contributed by atoms with Crippen LogP contribution in [0, 0.1) is 17.2 Å². The first-order valence-corrected chi connectivity index (χ1v) is 14.1. The number of nitrogens with zero attached hydrogens (tertiary/aromatic N) is 4. The zero-order valence-corrected chi connectivity index (χ0v) is 23.5. The summed E-state index contributed by atoms with van der Waals surface area (Å²) < 4.78 is 5.04. The molecule has 214 valence electrons. The second kappa shape index (κ2) is 14.1. The number of H-pyrrole nitrogens is 1. The lowest BCUT2D eigenvalue weighted by molar-refractivity contribution is -0.140. The molecular weight excluding hydrogens is 534 g/mol. The van der Waals surface area contributed by atoms with Crippen LogP contribution in [0.1, 0.15) is 38.5 Å². The van der Waals surface area contributed by atoms with Gasteiger partial charge in [-0.3, -0.25) is 19.4 Å². The average molecular weight is 570 g/mol. The van der Waals surface area contributed by atoms with E-state index in [0.29, 0.717) is 61.9 Å². The van der Waals surface area contributed by atoms with Gasteiger partial charge in [-0.2, -0.15) is 5.26 Å². The van der Waals surface area contributed by atoms with E-state index in [0.717, 1.165) is 31.1 Å². The molecule has 1 unspecified atom stereocenters. The standard InChI is InChI=1S/C28H36ClN7O4/c1-40-15-7-11-31-27(38)20(16-30)26(33-22-10-6-8-19-21(29)17-32-25(19)22)34-23-9-2-3-14-36(28(23)39)18-24(37)35-12-4-5-13-35/h6,8,10,17,20,23,32H,2-5,7,9,11-15,18H2,1H3,(H,31,38)(H,33,34)/t20?,23-/m0/s1. The second-order valence-electron chi connectivity index (χ2n) is 10.1. The number of nitriles is 1. The van der Waals surface area contributed by atoms with Crippen LogP contribution in [-0.4, -0.2) is 90.8 Å². The molecule has 2 aliphatic heterocycles. The molecule has 2 fully saturated rings. The van der Waals surface area contributed by atoms with Crippen molar-refractivity contribution in [2.24, 2.45) is 10.9 Å². The first-order valence-electron chi connectivity index (χ1n) is 13.8. The third-order valence-electron chi connectivity index (χ3n) is 7.25. The summed E-state index contributed by atoms with van der Waals surface area (Å²) in [6.07, 6.45) is 6.11. The lowest BCUT2D eigenvalue weighted by Gasteiger charge is -2.26. The van der Waals surface area contributed by atoms with Gasteiger partial charge in [0.25, 0.3) is 0 Å². The highest BCUT2D eigenvalue weighted by atomic mass is 35.5. The van der Waals surface area contributed by atoms with Gasteiger partial charge in [-0.05, 0) is 44.6 Å². The van der Waals surface area contributed by atoms with Gasteiger partial charge in [0.05, 0.1) is 28.8 Å². The molecule has 3 amide bonds. The van der Waals surface area contributed by atoms with Crippen LogP contribution >= 0.6 is 11.6 Å². The summed E-state index contributed by atoms with van der Waals surface area (Å²) in [4.78, 5) is 50.7. The van der Waals surface area contributed by atoms with E-state index < -0.39 is 17.9 Å². The molecule has 3 heterocycles. The third-order valence-corrected chi connectivity index (χ3v) is 7.56. The van der Waals surface area contributed by atoms with Crippen molar-refractivity contribution in [2.45, 2.75) is 44.6 Å². The number of benzene rings is 1. The molecular formula is C28H36ClN7O4. The van der Waals surface area contributed by atoms with Crippen LogP contribution in [0.3, 0.4) is 0 Å². The number of hydrogen-bond donors (Lipinski definition) is 3. The van der Waals surface area contributed by atoms with Crippen LogP contribution in [0.25, 0.3) is 10.9 Å². The minimum absolute atomic E-state index is 0.00949. The van der Waals surface area contributed by atoms with Crippen molar-refractivity contribution in [1.29, 1.82) is 5.26 Å². The first-order chi connectivity index (χ1) is 19.4. The van der Waals surface area contributed by atoms with Gasteiger partial charge < -0.3 is 30.2 Å². The highest BCUT2D eigenvalue weighted by molar-refractivity contribution is 6.36. The van der Waals surface area contributed by atoms with Crippen molar-refractivity contribution in [3.05, 3.63) is 29.4 Å². The zero-order chi connectivity index (χ0) is 28.5. The van der Waals surface area contributed by atoms with Crippen LogP contribution in [0.4, 0.5) is 5.69 Å². The minimum atomic E-state index is -1.29. The average Bonchev–Trinajstić information content (AvgIpc) is 3.59. The number of aromatic nitrogens is 1. The van der Waals surface area contributed by atoms with Crippen molar-refractivity contribution in [3.8, 4) is 6.07 Å². The van der Waals surface area contributed by atoms with Crippen molar-refractivity contribution in [3.63, 3.8) is 0 Å². The number of aliphatic imine (C=N–C) groups is 1. The van der Waals surface area contributed by atoms with Gasteiger partial charge in [0.15, 0.2) is 5.92 Å². The number of carbonyl (C=O) groups is 3. The molecule has 2 atom stereocenters. The Kier molecular flexibility index (Phi) is 10.4. The number of amidine groups is 1. The van der Waals surface area contributed by atoms with Crippen LogP contribution in [0.5, 0.6) is 0 Å².